The summed E-state index contributed by atoms with van der Waals surface area (Å²) >= 11 is 0. The molecular formula is C17H22N2O3S. The lowest BCUT2D eigenvalue weighted by Gasteiger charge is -2.16. The van der Waals surface area contributed by atoms with Crippen LogP contribution < -0.4 is 14.8 Å². The van der Waals surface area contributed by atoms with Crippen LogP contribution >= 0.6 is 0 Å². The van der Waals surface area contributed by atoms with E-state index in [1.807, 2.05) is 37.3 Å². The van der Waals surface area contributed by atoms with Gasteiger partial charge in [0.2, 0.25) is 10.0 Å². The van der Waals surface area contributed by atoms with Gasteiger partial charge in [-0.05, 0) is 37.7 Å². The third-order valence-corrected chi connectivity index (χ3v) is 5.14. The molecule has 0 saturated carbocycles. The molecule has 0 heterocycles. The van der Waals surface area contributed by atoms with Crippen molar-refractivity contribution >= 4 is 10.0 Å². The Kier molecular flexibility index (Phi) is 5.76. The van der Waals surface area contributed by atoms with Gasteiger partial charge >= 0.3 is 0 Å². The molecule has 2 N–H and O–H groups in total. The Balaban J connectivity index is 2.12. The van der Waals surface area contributed by atoms with Crippen molar-refractivity contribution in [1.29, 1.82) is 0 Å². The summed E-state index contributed by atoms with van der Waals surface area (Å²) in [5.41, 5.74) is 1.97. The number of nitrogens with one attached hydrogen (secondary N) is 2. The minimum absolute atomic E-state index is 0.00641. The first-order valence-electron chi connectivity index (χ1n) is 7.36. The number of methoxy groups -OCH3 is 1. The maximum Gasteiger partial charge on any atom is 0.240 e. The van der Waals surface area contributed by atoms with E-state index in [1.54, 1.807) is 25.3 Å². The highest BCUT2D eigenvalue weighted by molar-refractivity contribution is 7.89. The maximum atomic E-state index is 11.9. The molecular weight excluding hydrogens is 312 g/mol. The van der Waals surface area contributed by atoms with Gasteiger partial charge in [-0.15, -0.1) is 0 Å². The van der Waals surface area contributed by atoms with Gasteiger partial charge in [0, 0.05) is 18.2 Å². The molecule has 0 radical (unpaired) electrons. The zero-order chi connectivity index (χ0) is 16.9. The molecule has 124 valence electrons. The number of hydrogen-bond donors (Lipinski definition) is 2. The normalized spacial score (nSPS) is 12.8. The molecule has 0 bridgehead atoms. The molecule has 1 unspecified atom stereocenters. The zero-order valence-corrected chi connectivity index (χ0v) is 14.4. The molecule has 2 aromatic carbocycles. The molecule has 0 spiro atoms. The summed E-state index contributed by atoms with van der Waals surface area (Å²) in [6.07, 6.45) is 0. The van der Waals surface area contributed by atoms with E-state index in [0.29, 0.717) is 6.54 Å². The van der Waals surface area contributed by atoms with Crippen LogP contribution in [-0.2, 0) is 16.6 Å². The third-order valence-electron chi connectivity index (χ3n) is 3.73. The van der Waals surface area contributed by atoms with E-state index < -0.39 is 10.0 Å². The van der Waals surface area contributed by atoms with Crippen LogP contribution in [0.4, 0.5) is 0 Å². The van der Waals surface area contributed by atoms with Gasteiger partial charge in [-0.25, -0.2) is 13.1 Å². The van der Waals surface area contributed by atoms with E-state index in [1.165, 1.54) is 7.05 Å². The van der Waals surface area contributed by atoms with Gasteiger partial charge < -0.3 is 10.1 Å². The van der Waals surface area contributed by atoms with Crippen LogP contribution in [0, 0.1) is 0 Å². The Morgan fingerprint density at radius 3 is 2.57 bits per heavy atom. The molecule has 0 saturated heterocycles. The molecule has 5 nitrogen and oxygen atoms in total. The van der Waals surface area contributed by atoms with Crippen LogP contribution in [0.25, 0.3) is 0 Å². The molecule has 0 fully saturated rings. The number of benzene rings is 2. The molecule has 2 rings (SSSR count). The lowest BCUT2D eigenvalue weighted by molar-refractivity contribution is 0.406. The number of hydrogen-bond acceptors (Lipinski definition) is 4. The Morgan fingerprint density at radius 1 is 1.13 bits per heavy atom. The second-order valence-corrected chi connectivity index (χ2v) is 7.08. The summed E-state index contributed by atoms with van der Waals surface area (Å²) in [5, 5.41) is 3.39. The Bertz CT molecular complexity index is 760. The predicted octanol–water partition coefficient (Wildman–Crippen LogP) is 2.45. The predicted molar refractivity (Wildman–Crippen MR) is 90.9 cm³/mol. The van der Waals surface area contributed by atoms with Crippen molar-refractivity contribution < 1.29 is 13.2 Å². The number of para-hydroxylation sites is 1. The minimum atomic E-state index is -3.43. The quantitative estimate of drug-likeness (QED) is 0.816. The molecule has 0 aliphatic carbocycles. The fourth-order valence-electron chi connectivity index (χ4n) is 2.30. The highest BCUT2D eigenvalue weighted by Gasteiger charge is 2.14. The van der Waals surface area contributed by atoms with Gasteiger partial charge in [0.1, 0.15) is 5.75 Å². The van der Waals surface area contributed by atoms with Crippen molar-refractivity contribution in [2.24, 2.45) is 0 Å². The summed E-state index contributed by atoms with van der Waals surface area (Å²) < 4.78 is 31.4. The van der Waals surface area contributed by atoms with Crippen LogP contribution in [0.2, 0.25) is 0 Å². The molecule has 0 aromatic heterocycles. The van der Waals surface area contributed by atoms with Crippen molar-refractivity contribution in [3.8, 4) is 5.75 Å². The van der Waals surface area contributed by atoms with E-state index in [2.05, 4.69) is 10.0 Å². The second kappa shape index (κ2) is 7.59. The topological polar surface area (TPSA) is 67.4 Å². The van der Waals surface area contributed by atoms with Gasteiger partial charge in [-0.1, -0.05) is 30.3 Å². The molecule has 0 aliphatic heterocycles. The first-order valence-corrected chi connectivity index (χ1v) is 8.85. The average molecular weight is 334 g/mol. The lowest BCUT2D eigenvalue weighted by Crippen LogP contribution is -2.21. The summed E-state index contributed by atoms with van der Waals surface area (Å²) in [4.78, 5) is 0.267. The number of rotatable bonds is 7. The third kappa shape index (κ3) is 4.31. The summed E-state index contributed by atoms with van der Waals surface area (Å²) in [6, 6.07) is 14.8. The highest BCUT2D eigenvalue weighted by atomic mass is 32.2. The largest absolute Gasteiger partial charge is 0.496 e. The van der Waals surface area contributed by atoms with Crippen molar-refractivity contribution in [2.45, 2.75) is 24.4 Å². The standard InChI is InChI=1S/C17H22N2O3S/c1-13(19-12-15-7-4-5-10-17(15)22-3)14-8-6-9-16(11-14)23(20,21)18-2/h4-11,13,18-19H,12H2,1-3H3. The van der Waals surface area contributed by atoms with Crippen LogP contribution in [0.1, 0.15) is 24.1 Å². The van der Waals surface area contributed by atoms with Crippen molar-refractivity contribution in [2.75, 3.05) is 14.2 Å². The Morgan fingerprint density at radius 2 is 1.87 bits per heavy atom. The zero-order valence-electron chi connectivity index (χ0n) is 13.5. The fourth-order valence-corrected chi connectivity index (χ4v) is 3.08. The van der Waals surface area contributed by atoms with E-state index in [-0.39, 0.29) is 10.9 Å². The van der Waals surface area contributed by atoms with Crippen LogP contribution in [0.3, 0.4) is 0 Å². The monoisotopic (exact) mass is 334 g/mol. The van der Waals surface area contributed by atoms with Gasteiger partial charge in [0.15, 0.2) is 0 Å². The van der Waals surface area contributed by atoms with Crippen LogP contribution in [0.5, 0.6) is 5.75 Å². The Labute approximate surface area is 137 Å². The highest BCUT2D eigenvalue weighted by Crippen LogP contribution is 2.20. The summed E-state index contributed by atoms with van der Waals surface area (Å²) in [6.45, 7) is 2.63. The van der Waals surface area contributed by atoms with Gasteiger partial charge in [-0.2, -0.15) is 0 Å². The van der Waals surface area contributed by atoms with Crippen LogP contribution in [0.15, 0.2) is 53.4 Å². The van der Waals surface area contributed by atoms with E-state index in [9.17, 15) is 8.42 Å². The first-order chi connectivity index (χ1) is 11.0. The second-order valence-electron chi connectivity index (χ2n) is 5.19. The SMILES string of the molecule is CNS(=O)(=O)c1cccc(C(C)NCc2ccccc2OC)c1. The van der Waals surface area contributed by atoms with Gasteiger partial charge in [0.25, 0.3) is 0 Å². The molecule has 0 amide bonds. The maximum absolute atomic E-state index is 11.9. The van der Waals surface area contributed by atoms with Crippen molar-refractivity contribution in [3.05, 3.63) is 59.7 Å². The average Bonchev–Trinajstić information content (AvgIpc) is 2.60. The van der Waals surface area contributed by atoms with Crippen LogP contribution in [-0.4, -0.2) is 22.6 Å². The van der Waals surface area contributed by atoms with Crippen molar-refractivity contribution in [1.82, 2.24) is 10.0 Å². The van der Waals surface area contributed by atoms with E-state index >= 15 is 0 Å². The summed E-state index contributed by atoms with van der Waals surface area (Å²) in [7, 11) is -0.375. The fraction of sp³-hybridized carbons (Fsp3) is 0.294. The smallest absolute Gasteiger partial charge is 0.240 e. The van der Waals surface area contributed by atoms with Gasteiger partial charge in [0.05, 0.1) is 12.0 Å². The summed E-state index contributed by atoms with van der Waals surface area (Å²) in [5.74, 6) is 0.832. The number of ether oxygens (including phenoxy) is 1. The molecule has 23 heavy (non-hydrogen) atoms. The van der Waals surface area contributed by atoms with E-state index in [0.717, 1.165) is 16.9 Å². The number of sulfonamides is 1. The molecule has 1 atom stereocenters. The lowest BCUT2D eigenvalue weighted by atomic mass is 10.1. The van der Waals surface area contributed by atoms with Crippen molar-refractivity contribution in [3.63, 3.8) is 0 Å². The first kappa shape index (κ1) is 17.5. The molecule has 6 heteroatoms. The Hall–Kier alpha value is -1.89. The molecule has 0 aliphatic rings. The van der Waals surface area contributed by atoms with Gasteiger partial charge in [-0.3, -0.25) is 0 Å². The van der Waals surface area contributed by atoms with E-state index in [4.69, 9.17) is 4.74 Å². The minimum Gasteiger partial charge on any atom is -0.496 e. The molecule has 2 aromatic rings.